The summed E-state index contributed by atoms with van der Waals surface area (Å²) in [7, 11) is 0. The van der Waals surface area contributed by atoms with Gasteiger partial charge in [0, 0.05) is 4.88 Å². The molecule has 12 heavy (non-hydrogen) atoms. The van der Waals surface area contributed by atoms with E-state index in [1.54, 1.807) is 0 Å². The highest BCUT2D eigenvalue weighted by Crippen LogP contribution is 2.30. The van der Waals surface area contributed by atoms with Crippen LogP contribution in [0.2, 0.25) is 0 Å². The van der Waals surface area contributed by atoms with Crippen molar-refractivity contribution in [2.45, 2.75) is 19.8 Å². The molecule has 1 heterocycles. The van der Waals surface area contributed by atoms with Crippen LogP contribution in [0.4, 0.5) is 0 Å². The predicted octanol–water partition coefficient (Wildman–Crippen LogP) is 3.19. The van der Waals surface area contributed by atoms with E-state index in [0.717, 1.165) is 0 Å². The molecule has 1 atom stereocenters. The van der Waals surface area contributed by atoms with Crippen molar-refractivity contribution in [3.8, 4) is 11.8 Å². The Morgan fingerprint density at radius 2 is 2.33 bits per heavy atom. The molecule has 1 heteroatoms. The smallest absolute Gasteiger partial charge is 0.0527 e. The van der Waals surface area contributed by atoms with Crippen LogP contribution in [-0.2, 0) is 0 Å². The van der Waals surface area contributed by atoms with Gasteiger partial charge in [-0.15, -0.1) is 11.3 Å². The van der Waals surface area contributed by atoms with Gasteiger partial charge in [0.15, 0.2) is 0 Å². The van der Waals surface area contributed by atoms with Crippen molar-refractivity contribution in [2.24, 2.45) is 0 Å². The molecular weight excluding hydrogens is 164 g/mol. The minimum Gasteiger partial charge on any atom is -0.147 e. The predicted molar refractivity (Wildman–Crippen MR) is 54.3 cm³/mol. The largest absolute Gasteiger partial charge is 0.147 e. The van der Waals surface area contributed by atoms with Gasteiger partial charge in [0.1, 0.15) is 0 Å². The minimum atomic E-state index is 0.397. The molecule has 0 saturated carbocycles. The molecule has 0 fully saturated rings. The van der Waals surface area contributed by atoms with Gasteiger partial charge in [-0.05, 0) is 42.5 Å². The number of thiophene rings is 1. The molecule has 1 unspecified atom stereocenters. The maximum absolute atomic E-state index is 3.19. The van der Waals surface area contributed by atoms with Crippen LogP contribution in [0.25, 0.3) is 6.08 Å². The summed E-state index contributed by atoms with van der Waals surface area (Å²) in [5.74, 6) is 6.62. The molecule has 1 aromatic heterocycles. The highest BCUT2D eigenvalue weighted by atomic mass is 32.1. The number of fused-ring (bicyclic) bond motifs is 1. The number of allylic oxidation sites excluding steroid dienone is 1. The highest BCUT2D eigenvalue weighted by Gasteiger charge is 2.12. The standard InChI is InChI=1S/C11H10S/c1-8-5-3-4-6-10-9(2)7-12-11(8)10/h4,6-8H,1-2H3. The summed E-state index contributed by atoms with van der Waals surface area (Å²) in [5, 5.41) is 2.21. The Bertz CT molecular complexity index is 385. The van der Waals surface area contributed by atoms with Crippen LogP contribution in [-0.4, -0.2) is 0 Å². The third kappa shape index (κ3) is 1.09. The van der Waals surface area contributed by atoms with Gasteiger partial charge in [0.2, 0.25) is 0 Å². The van der Waals surface area contributed by atoms with E-state index < -0.39 is 0 Å². The third-order valence-corrected chi connectivity index (χ3v) is 3.38. The zero-order chi connectivity index (χ0) is 8.55. The Morgan fingerprint density at radius 3 is 3.17 bits per heavy atom. The number of rotatable bonds is 0. The fourth-order valence-corrected chi connectivity index (χ4v) is 2.44. The first-order chi connectivity index (χ1) is 5.79. The zero-order valence-corrected chi connectivity index (χ0v) is 8.03. The maximum Gasteiger partial charge on any atom is 0.0527 e. The number of hydrogen-bond donors (Lipinski definition) is 0. The minimum absolute atomic E-state index is 0.397. The molecule has 60 valence electrons. The van der Waals surface area contributed by atoms with Crippen LogP contribution in [0.3, 0.4) is 0 Å². The molecule has 0 bridgehead atoms. The quantitative estimate of drug-likeness (QED) is 0.530. The van der Waals surface area contributed by atoms with E-state index in [-0.39, 0.29) is 0 Å². The van der Waals surface area contributed by atoms with Crippen LogP contribution in [0.5, 0.6) is 0 Å². The second kappa shape index (κ2) is 2.80. The molecule has 0 radical (unpaired) electrons. The van der Waals surface area contributed by atoms with Crippen LogP contribution >= 0.6 is 11.3 Å². The van der Waals surface area contributed by atoms with Gasteiger partial charge in [-0.25, -0.2) is 0 Å². The lowest BCUT2D eigenvalue weighted by Crippen LogP contribution is -1.87. The average molecular weight is 174 g/mol. The van der Waals surface area contributed by atoms with Crippen LogP contribution in [0.15, 0.2) is 11.5 Å². The molecule has 1 aliphatic carbocycles. The fourth-order valence-electron chi connectivity index (χ4n) is 1.39. The number of aryl methyl sites for hydroxylation is 1. The van der Waals surface area contributed by atoms with Gasteiger partial charge in [0.05, 0.1) is 5.92 Å². The van der Waals surface area contributed by atoms with Crippen molar-refractivity contribution in [3.63, 3.8) is 0 Å². The highest BCUT2D eigenvalue weighted by molar-refractivity contribution is 7.10. The van der Waals surface area contributed by atoms with Crippen molar-refractivity contribution in [1.82, 2.24) is 0 Å². The molecule has 1 aliphatic rings. The van der Waals surface area contributed by atoms with Crippen molar-refractivity contribution < 1.29 is 0 Å². The van der Waals surface area contributed by atoms with E-state index in [1.165, 1.54) is 16.0 Å². The molecular formula is C11H10S. The summed E-state index contributed by atoms with van der Waals surface area (Å²) in [4.78, 5) is 1.41. The van der Waals surface area contributed by atoms with Gasteiger partial charge in [-0.3, -0.25) is 0 Å². The monoisotopic (exact) mass is 174 g/mol. The van der Waals surface area contributed by atoms with Crippen LogP contribution in [0, 0.1) is 18.8 Å². The van der Waals surface area contributed by atoms with Gasteiger partial charge in [-0.2, -0.15) is 0 Å². The van der Waals surface area contributed by atoms with E-state index in [1.807, 2.05) is 17.4 Å². The summed E-state index contributed by atoms with van der Waals surface area (Å²) in [6.45, 7) is 4.31. The molecule has 1 aromatic rings. The van der Waals surface area contributed by atoms with E-state index in [9.17, 15) is 0 Å². The fraction of sp³-hybridized carbons (Fsp3) is 0.273. The van der Waals surface area contributed by atoms with Crippen molar-refractivity contribution in [2.75, 3.05) is 0 Å². The summed E-state index contributed by atoms with van der Waals surface area (Å²) >= 11 is 1.82. The van der Waals surface area contributed by atoms with E-state index in [4.69, 9.17) is 0 Å². The van der Waals surface area contributed by atoms with E-state index in [0.29, 0.717) is 5.92 Å². The normalized spacial score (nSPS) is 19.3. The molecule has 0 saturated heterocycles. The molecule has 0 nitrogen and oxygen atoms in total. The van der Waals surface area contributed by atoms with Gasteiger partial charge in [0.25, 0.3) is 0 Å². The van der Waals surface area contributed by atoms with Crippen LogP contribution < -0.4 is 0 Å². The summed E-state index contributed by atoms with van der Waals surface area (Å²) in [5.41, 5.74) is 2.73. The van der Waals surface area contributed by atoms with Crippen molar-refractivity contribution in [1.29, 1.82) is 0 Å². The van der Waals surface area contributed by atoms with Crippen molar-refractivity contribution >= 4 is 17.4 Å². The maximum atomic E-state index is 3.19. The lowest BCUT2D eigenvalue weighted by molar-refractivity contribution is 1.03. The first-order valence-corrected chi connectivity index (χ1v) is 4.92. The summed E-state index contributed by atoms with van der Waals surface area (Å²) < 4.78 is 0. The third-order valence-electron chi connectivity index (χ3n) is 2.08. The van der Waals surface area contributed by atoms with Gasteiger partial charge in [-0.1, -0.05) is 11.8 Å². The molecule has 0 amide bonds. The second-order valence-corrected chi connectivity index (χ2v) is 3.95. The van der Waals surface area contributed by atoms with Gasteiger partial charge < -0.3 is 0 Å². The topological polar surface area (TPSA) is 0 Å². The van der Waals surface area contributed by atoms with E-state index in [2.05, 4.69) is 37.1 Å². The Balaban J connectivity index is 2.61. The lowest BCUT2D eigenvalue weighted by Gasteiger charge is -2.01. The Kier molecular flexibility index (Phi) is 1.78. The molecule has 0 aliphatic heterocycles. The second-order valence-electron chi connectivity index (χ2n) is 3.04. The zero-order valence-electron chi connectivity index (χ0n) is 7.22. The number of hydrogen-bond acceptors (Lipinski definition) is 1. The average Bonchev–Trinajstić information content (AvgIpc) is 2.30. The molecule has 2 rings (SSSR count). The Labute approximate surface area is 76.9 Å². The Morgan fingerprint density at radius 1 is 1.50 bits per heavy atom. The van der Waals surface area contributed by atoms with Crippen molar-refractivity contribution in [3.05, 3.63) is 27.5 Å². The molecule has 0 N–H and O–H groups in total. The first-order valence-electron chi connectivity index (χ1n) is 4.04. The molecule has 0 aromatic carbocycles. The SMILES string of the molecule is Cc1csc2c1C=CC#CC2C. The van der Waals surface area contributed by atoms with Gasteiger partial charge >= 0.3 is 0 Å². The van der Waals surface area contributed by atoms with E-state index >= 15 is 0 Å². The van der Waals surface area contributed by atoms with Crippen LogP contribution in [0.1, 0.15) is 28.8 Å². The summed E-state index contributed by atoms with van der Waals surface area (Å²) in [6, 6.07) is 0. The first kappa shape index (κ1) is 7.64. The lowest BCUT2D eigenvalue weighted by atomic mass is 10.1. The summed E-state index contributed by atoms with van der Waals surface area (Å²) in [6.07, 6.45) is 4.07. The molecule has 0 spiro atoms. The Hall–Kier alpha value is -1.00.